The number of nitrogens with one attached hydrogen (secondary N) is 1. The summed E-state index contributed by atoms with van der Waals surface area (Å²) in [4.78, 5) is 11.0. The van der Waals surface area contributed by atoms with Crippen LogP contribution in [0.3, 0.4) is 0 Å². The zero-order valence-electron chi connectivity index (χ0n) is 9.03. The molecular formula is C9H12F5NO2. The molecule has 0 aliphatic carbocycles. The molecule has 1 fully saturated rings. The first-order valence-electron chi connectivity index (χ1n) is 4.93. The van der Waals surface area contributed by atoms with Gasteiger partial charge in [0, 0.05) is 18.8 Å². The van der Waals surface area contributed by atoms with Gasteiger partial charge in [0.25, 0.3) is 0 Å². The molecule has 0 saturated carbocycles. The Hall–Kier alpha value is -0.920. The van der Waals surface area contributed by atoms with E-state index in [9.17, 15) is 26.7 Å². The summed E-state index contributed by atoms with van der Waals surface area (Å²) in [7, 11) is 0. The lowest BCUT2D eigenvalue weighted by Crippen LogP contribution is -2.58. The summed E-state index contributed by atoms with van der Waals surface area (Å²) in [5.74, 6) is -7.68. The summed E-state index contributed by atoms with van der Waals surface area (Å²) >= 11 is 0. The Labute approximate surface area is 94.3 Å². The molecule has 1 N–H and O–H groups in total. The van der Waals surface area contributed by atoms with E-state index in [1.165, 1.54) is 6.92 Å². The van der Waals surface area contributed by atoms with E-state index in [4.69, 9.17) is 4.74 Å². The largest absolute Gasteiger partial charge is 0.463 e. The lowest BCUT2D eigenvalue weighted by Gasteiger charge is -2.35. The van der Waals surface area contributed by atoms with Gasteiger partial charge in [0.05, 0.1) is 0 Å². The van der Waals surface area contributed by atoms with Crippen LogP contribution in [-0.4, -0.2) is 36.8 Å². The summed E-state index contributed by atoms with van der Waals surface area (Å²) < 4.78 is 66.1. The lowest BCUT2D eigenvalue weighted by atomic mass is 9.92. The normalized spacial score (nSPS) is 21.1. The van der Waals surface area contributed by atoms with Crippen molar-refractivity contribution in [2.24, 2.45) is 0 Å². The van der Waals surface area contributed by atoms with Crippen molar-refractivity contribution in [3.63, 3.8) is 0 Å². The first-order chi connectivity index (χ1) is 7.58. The molecule has 1 amide bonds. The summed E-state index contributed by atoms with van der Waals surface area (Å²) in [6, 6.07) is 0. The number of carbonyl (C=O) groups excluding carboxylic acids is 1. The third-order valence-electron chi connectivity index (χ3n) is 2.65. The van der Waals surface area contributed by atoms with E-state index in [0.29, 0.717) is 0 Å². The molecule has 17 heavy (non-hydrogen) atoms. The average molecular weight is 261 g/mol. The molecule has 0 aromatic heterocycles. The number of hydrogen-bond donors (Lipinski definition) is 1. The van der Waals surface area contributed by atoms with E-state index in [0.717, 1.165) is 0 Å². The maximum atomic E-state index is 12.7. The van der Waals surface area contributed by atoms with Gasteiger partial charge in [0.1, 0.15) is 0 Å². The molecular weight excluding hydrogens is 249 g/mol. The maximum absolute atomic E-state index is 12.7. The number of rotatable bonds is 2. The minimum absolute atomic E-state index is 0.201. The van der Waals surface area contributed by atoms with Gasteiger partial charge in [-0.2, -0.15) is 22.0 Å². The average Bonchev–Trinajstić information content (AvgIpc) is 2.16. The SMILES string of the molecule is CC1(NC(=O)C(F)(F)C(F)(F)F)CCOCC1. The van der Waals surface area contributed by atoms with Crippen molar-refractivity contribution in [3.05, 3.63) is 0 Å². The predicted octanol–water partition coefficient (Wildman–Crippen LogP) is 1.87. The number of ether oxygens (including phenoxy) is 1. The lowest BCUT2D eigenvalue weighted by molar-refractivity contribution is -0.270. The molecule has 0 atom stereocenters. The van der Waals surface area contributed by atoms with Gasteiger partial charge in [0.2, 0.25) is 0 Å². The van der Waals surface area contributed by atoms with Crippen molar-refractivity contribution in [3.8, 4) is 0 Å². The molecule has 0 spiro atoms. The quantitative estimate of drug-likeness (QED) is 0.771. The van der Waals surface area contributed by atoms with Gasteiger partial charge in [-0.1, -0.05) is 0 Å². The standard InChI is InChI=1S/C9H12F5NO2/c1-7(2-4-17-5-3-7)15-6(16)8(10,11)9(12,13)14/h2-5H2,1H3,(H,15,16). The Balaban J connectivity index is 2.71. The predicted molar refractivity (Wildman–Crippen MR) is 47.6 cm³/mol. The zero-order valence-corrected chi connectivity index (χ0v) is 9.03. The molecule has 3 nitrogen and oxygen atoms in total. The van der Waals surface area contributed by atoms with Crippen LogP contribution in [0.2, 0.25) is 0 Å². The maximum Gasteiger partial charge on any atom is 0.463 e. The number of alkyl halides is 5. The second-order valence-electron chi connectivity index (χ2n) is 4.20. The van der Waals surface area contributed by atoms with E-state index in [2.05, 4.69) is 0 Å². The Morgan fingerprint density at radius 2 is 1.65 bits per heavy atom. The second-order valence-corrected chi connectivity index (χ2v) is 4.20. The molecule has 1 heterocycles. The molecule has 0 aromatic carbocycles. The molecule has 0 bridgehead atoms. The number of carbonyl (C=O) groups is 1. The highest BCUT2D eigenvalue weighted by atomic mass is 19.4. The van der Waals surface area contributed by atoms with Gasteiger partial charge >= 0.3 is 18.0 Å². The molecule has 1 saturated heterocycles. The van der Waals surface area contributed by atoms with E-state index >= 15 is 0 Å². The highest BCUT2D eigenvalue weighted by Crippen LogP contribution is 2.36. The zero-order chi connectivity index (χ0) is 13.3. The van der Waals surface area contributed by atoms with Crippen LogP contribution >= 0.6 is 0 Å². The van der Waals surface area contributed by atoms with Crippen molar-refractivity contribution in [1.82, 2.24) is 5.32 Å². The van der Waals surface area contributed by atoms with Crippen molar-refractivity contribution < 1.29 is 31.5 Å². The number of amides is 1. The Morgan fingerprint density at radius 3 is 2.06 bits per heavy atom. The van der Waals surface area contributed by atoms with E-state index in [1.54, 1.807) is 5.32 Å². The van der Waals surface area contributed by atoms with Gasteiger partial charge in [-0.05, 0) is 19.8 Å². The fourth-order valence-corrected chi connectivity index (χ4v) is 1.43. The van der Waals surface area contributed by atoms with Crippen LogP contribution in [-0.2, 0) is 9.53 Å². The van der Waals surface area contributed by atoms with Gasteiger partial charge in [0.15, 0.2) is 0 Å². The minimum Gasteiger partial charge on any atom is -0.381 e. The third-order valence-corrected chi connectivity index (χ3v) is 2.65. The molecule has 1 aliphatic heterocycles. The fraction of sp³-hybridized carbons (Fsp3) is 0.889. The molecule has 0 aromatic rings. The molecule has 1 rings (SSSR count). The topological polar surface area (TPSA) is 38.3 Å². The molecule has 0 radical (unpaired) electrons. The van der Waals surface area contributed by atoms with E-state index < -0.39 is 23.5 Å². The summed E-state index contributed by atoms with van der Waals surface area (Å²) in [6.45, 7) is 1.85. The molecule has 1 aliphatic rings. The monoisotopic (exact) mass is 261 g/mol. The van der Waals surface area contributed by atoms with Gasteiger partial charge in [-0.25, -0.2) is 0 Å². The van der Waals surface area contributed by atoms with Crippen LogP contribution in [0.1, 0.15) is 19.8 Å². The first-order valence-corrected chi connectivity index (χ1v) is 4.93. The van der Waals surface area contributed by atoms with Crippen LogP contribution in [0.5, 0.6) is 0 Å². The third kappa shape index (κ3) is 3.05. The molecule has 0 unspecified atom stereocenters. The highest BCUT2D eigenvalue weighted by Gasteiger charge is 2.64. The van der Waals surface area contributed by atoms with Crippen molar-refractivity contribution >= 4 is 5.91 Å². The fourth-order valence-electron chi connectivity index (χ4n) is 1.43. The smallest absolute Gasteiger partial charge is 0.381 e. The highest BCUT2D eigenvalue weighted by molar-refractivity contribution is 5.85. The van der Waals surface area contributed by atoms with Crippen LogP contribution in [0, 0.1) is 0 Å². The van der Waals surface area contributed by atoms with E-state index in [-0.39, 0.29) is 26.1 Å². The van der Waals surface area contributed by atoms with Crippen LogP contribution in [0.25, 0.3) is 0 Å². The van der Waals surface area contributed by atoms with Crippen LogP contribution in [0.15, 0.2) is 0 Å². The van der Waals surface area contributed by atoms with Gasteiger partial charge < -0.3 is 10.1 Å². The van der Waals surface area contributed by atoms with Crippen LogP contribution in [0.4, 0.5) is 22.0 Å². The van der Waals surface area contributed by atoms with Crippen molar-refractivity contribution in [2.45, 2.75) is 37.4 Å². The van der Waals surface area contributed by atoms with Crippen molar-refractivity contribution in [1.29, 1.82) is 0 Å². The Kier molecular flexibility index (Phi) is 3.66. The Bertz CT molecular complexity index is 296. The van der Waals surface area contributed by atoms with Crippen LogP contribution < -0.4 is 5.32 Å². The number of halogens is 5. The molecule has 100 valence electrons. The summed E-state index contributed by atoms with van der Waals surface area (Å²) in [6.07, 6.45) is -5.47. The number of hydrogen-bond acceptors (Lipinski definition) is 2. The molecule has 8 heteroatoms. The summed E-state index contributed by atoms with van der Waals surface area (Å²) in [5.41, 5.74) is -1.08. The van der Waals surface area contributed by atoms with E-state index in [1.807, 2.05) is 0 Å². The second kappa shape index (κ2) is 4.40. The Morgan fingerprint density at radius 1 is 1.18 bits per heavy atom. The summed E-state index contributed by atoms with van der Waals surface area (Å²) in [5, 5.41) is 1.75. The first kappa shape index (κ1) is 14.1. The minimum atomic E-state index is -5.88. The van der Waals surface area contributed by atoms with Gasteiger partial charge in [-0.15, -0.1) is 0 Å². The van der Waals surface area contributed by atoms with Gasteiger partial charge in [-0.3, -0.25) is 4.79 Å². The van der Waals surface area contributed by atoms with Crippen molar-refractivity contribution in [2.75, 3.05) is 13.2 Å².